The molecule has 0 bridgehead atoms. The number of methoxy groups -OCH3 is 1. The number of carbonyl (C=O) groups is 2. The summed E-state index contributed by atoms with van der Waals surface area (Å²) in [5.74, 6) is -1.45. The van der Waals surface area contributed by atoms with Gasteiger partial charge in [-0.1, -0.05) is 18.7 Å². The summed E-state index contributed by atoms with van der Waals surface area (Å²) in [4.78, 5) is 34.7. The Kier molecular flexibility index (Phi) is 9.69. The Hall–Kier alpha value is -4.98. The summed E-state index contributed by atoms with van der Waals surface area (Å²) >= 11 is 1.40. The second-order valence-corrected chi connectivity index (χ2v) is 13.8. The number of halogens is 2. The summed E-state index contributed by atoms with van der Waals surface area (Å²) in [6.07, 6.45) is 1.30. The summed E-state index contributed by atoms with van der Waals surface area (Å²) in [6.45, 7) is 9.29. The van der Waals surface area contributed by atoms with Crippen molar-refractivity contribution >= 4 is 33.2 Å². The lowest BCUT2D eigenvalue weighted by atomic mass is 9.96. The maximum absolute atomic E-state index is 16.1. The van der Waals surface area contributed by atoms with Crippen LogP contribution in [-0.2, 0) is 16.1 Å². The minimum absolute atomic E-state index is 0.0130. The molecule has 2 aromatic carbocycles. The number of ether oxygens (including phenoxy) is 2. The molecule has 5 aromatic rings. The zero-order chi connectivity index (χ0) is 35.8. The second-order valence-electron chi connectivity index (χ2n) is 12.9. The predicted molar refractivity (Wildman–Crippen MR) is 193 cm³/mol. The smallest absolute Gasteiger partial charge is 0.251 e. The number of aromatic nitrogens is 3. The second kappa shape index (κ2) is 14.3. The highest BCUT2D eigenvalue weighted by molar-refractivity contribution is 7.18. The molecule has 2 aliphatic heterocycles. The van der Waals surface area contributed by atoms with Gasteiger partial charge < -0.3 is 24.6 Å². The number of hydrogen-bond donors (Lipinski definition) is 1. The number of hydrogen-bond acceptors (Lipinski definition) is 8. The van der Waals surface area contributed by atoms with Gasteiger partial charge in [0, 0.05) is 78.1 Å². The van der Waals surface area contributed by atoms with Gasteiger partial charge in [0.2, 0.25) is 5.91 Å². The van der Waals surface area contributed by atoms with E-state index in [4.69, 9.17) is 19.6 Å². The third kappa shape index (κ3) is 6.64. The van der Waals surface area contributed by atoms with Crippen molar-refractivity contribution in [1.82, 2.24) is 29.9 Å². The number of carbonyl (C=O) groups excluding carboxylic acids is 2. The van der Waals surface area contributed by atoms with Gasteiger partial charge in [-0.05, 0) is 49.7 Å². The molecule has 0 saturated carbocycles. The van der Waals surface area contributed by atoms with Crippen LogP contribution in [0.25, 0.3) is 43.9 Å². The molecule has 1 N–H and O–H groups in total. The molecule has 0 spiro atoms. The number of amides is 2. The first kappa shape index (κ1) is 34.5. The van der Waals surface area contributed by atoms with Crippen molar-refractivity contribution in [2.24, 2.45) is 5.92 Å². The Labute approximate surface area is 298 Å². The molecule has 51 heavy (non-hydrogen) atoms. The zero-order valence-corrected chi connectivity index (χ0v) is 29.4. The molecule has 1 saturated heterocycles. The van der Waals surface area contributed by atoms with Crippen LogP contribution >= 0.6 is 11.3 Å². The predicted octanol–water partition coefficient (Wildman–Crippen LogP) is 6.18. The number of fused-ring (bicyclic) bond motifs is 2. The van der Waals surface area contributed by atoms with Gasteiger partial charge in [-0.3, -0.25) is 14.3 Å². The average Bonchev–Trinajstić information content (AvgIpc) is 3.78. The molecule has 1 unspecified atom stereocenters. The largest absolute Gasteiger partial charge is 0.490 e. The van der Waals surface area contributed by atoms with Crippen LogP contribution in [0.1, 0.15) is 29.0 Å². The summed E-state index contributed by atoms with van der Waals surface area (Å²) < 4.78 is 44.4. The van der Waals surface area contributed by atoms with Gasteiger partial charge in [-0.2, -0.15) is 5.10 Å². The Balaban J connectivity index is 1.36. The highest BCUT2D eigenvalue weighted by Gasteiger charge is 2.31. The monoisotopic (exact) mass is 712 g/mol. The normalized spacial score (nSPS) is 16.2. The van der Waals surface area contributed by atoms with Gasteiger partial charge >= 0.3 is 0 Å². The lowest BCUT2D eigenvalue weighted by molar-refractivity contribution is -0.129. The Bertz CT molecular complexity index is 2120. The molecule has 5 heterocycles. The third-order valence-electron chi connectivity index (χ3n) is 9.49. The van der Waals surface area contributed by atoms with E-state index in [1.54, 1.807) is 17.0 Å². The number of nitrogens with one attached hydrogen (secondary N) is 1. The third-order valence-corrected chi connectivity index (χ3v) is 10.4. The SMILES string of the molecule is C=CC(=O)N1CCn2nc(-c3nc(-c4ccc(C(=O)NCC5CN(C)C5)cc4)c4ccsc4c3-c3c(F)cc(F)cc3OCCOC)cc2C1C. The minimum atomic E-state index is -0.808. The lowest BCUT2D eigenvalue weighted by Crippen LogP contribution is -2.49. The molecule has 1 fully saturated rings. The maximum atomic E-state index is 16.1. The van der Waals surface area contributed by atoms with Crippen LogP contribution in [-0.4, -0.2) is 89.9 Å². The number of pyridine rings is 1. The van der Waals surface area contributed by atoms with Crippen LogP contribution in [0.15, 0.2) is 66.6 Å². The van der Waals surface area contributed by atoms with Crippen LogP contribution in [0.2, 0.25) is 0 Å². The van der Waals surface area contributed by atoms with Crippen molar-refractivity contribution in [2.45, 2.75) is 19.5 Å². The molecule has 13 heteroatoms. The number of benzene rings is 2. The van der Waals surface area contributed by atoms with Gasteiger partial charge in [-0.15, -0.1) is 11.3 Å². The Morgan fingerprint density at radius 2 is 1.84 bits per heavy atom. The summed E-state index contributed by atoms with van der Waals surface area (Å²) in [5, 5.41) is 10.6. The van der Waals surface area contributed by atoms with Gasteiger partial charge in [0.15, 0.2) is 0 Å². The van der Waals surface area contributed by atoms with E-state index in [0.717, 1.165) is 41.9 Å². The fraction of sp³-hybridized carbons (Fsp3) is 0.316. The van der Waals surface area contributed by atoms with Crippen molar-refractivity contribution in [3.8, 4) is 39.5 Å². The number of rotatable bonds is 11. The maximum Gasteiger partial charge on any atom is 0.251 e. The molecule has 264 valence electrons. The minimum Gasteiger partial charge on any atom is -0.490 e. The van der Waals surface area contributed by atoms with E-state index < -0.39 is 11.6 Å². The van der Waals surface area contributed by atoms with Gasteiger partial charge in [0.05, 0.1) is 36.1 Å². The molecule has 2 amide bonds. The van der Waals surface area contributed by atoms with Crippen molar-refractivity contribution in [2.75, 3.05) is 53.6 Å². The van der Waals surface area contributed by atoms with E-state index in [9.17, 15) is 14.0 Å². The molecule has 7 rings (SSSR count). The molecule has 0 aliphatic carbocycles. The molecule has 3 aromatic heterocycles. The van der Waals surface area contributed by atoms with Crippen molar-refractivity contribution in [3.05, 3.63) is 89.5 Å². The van der Waals surface area contributed by atoms with E-state index in [1.807, 2.05) is 41.3 Å². The molecule has 10 nitrogen and oxygen atoms in total. The van der Waals surface area contributed by atoms with Gasteiger partial charge in [-0.25, -0.2) is 13.8 Å². The van der Waals surface area contributed by atoms with Crippen LogP contribution < -0.4 is 10.1 Å². The Morgan fingerprint density at radius 3 is 2.57 bits per heavy atom. The van der Waals surface area contributed by atoms with Crippen LogP contribution in [0.5, 0.6) is 5.75 Å². The number of likely N-dealkylation sites (tertiary alicyclic amines) is 1. The number of thiophene rings is 1. The molecular formula is C38H38F2N6O4S. The molecule has 2 aliphatic rings. The first-order valence-corrected chi connectivity index (χ1v) is 17.7. The van der Waals surface area contributed by atoms with E-state index in [-0.39, 0.29) is 42.4 Å². The van der Waals surface area contributed by atoms with E-state index in [1.165, 1.54) is 24.5 Å². The fourth-order valence-electron chi connectivity index (χ4n) is 6.92. The fourth-order valence-corrected chi connectivity index (χ4v) is 7.86. The van der Waals surface area contributed by atoms with E-state index >= 15 is 4.39 Å². The van der Waals surface area contributed by atoms with Crippen molar-refractivity contribution < 1.29 is 27.8 Å². The first-order chi connectivity index (χ1) is 24.7. The molecular weight excluding hydrogens is 675 g/mol. The standard InChI is InChI=1S/C38H38F2N6O4S/c1-5-32(47)45-11-12-46-30(22(45)2)18-29(43-46)36-34(33-28(40)16-26(39)17-31(33)50-14-13-49-4)37-27(10-15-51-37)35(42-36)24-6-8-25(9-7-24)38(48)41-19-23-20-44(3)21-23/h5-10,15-18,22-23H,1,11-14,19-21H2,2-4H3,(H,41,48). The van der Waals surface area contributed by atoms with Crippen LogP contribution in [0.4, 0.5) is 8.78 Å². The quantitative estimate of drug-likeness (QED) is 0.129. The molecule has 1 atom stereocenters. The highest BCUT2D eigenvalue weighted by atomic mass is 32.1. The summed E-state index contributed by atoms with van der Waals surface area (Å²) in [6, 6.07) is 12.7. The number of nitrogens with zero attached hydrogens (tertiary/aromatic N) is 5. The van der Waals surface area contributed by atoms with E-state index in [0.29, 0.717) is 58.5 Å². The molecule has 0 radical (unpaired) electrons. The zero-order valence-electron chi connectivity index (χ0n) is 28.6. The summed E-state index contributed by atoms with van der Waals surface area (Å²) in [5.41, 5.74) is 3.97. The van der Waals surface area contributed by atoms with E-state index in [2.05, 4.69) is 23.8 Å². The van der Waals surface area contributed by atoms with Crippen LogP contribution in [0, 0.1) is 17.6 Å². The Morgan fingerprint density at radius 1 is 1.06 bits per heavy atom. The van der Waals surface area contributed by atoms with Gasteiger partial charge in [0.25, 0.3) is 5.91 Å². The first-order valence-electron chi connectivity index (χ1n) is 16.8. The van der Waals surface area contributed by atoms with Crippen molar-refractivity contribution in [3.63, 3.8) is 0 Å². The van der Waals surface area contributed by atoms with Crippen LogP contribution in [0.3, 0.4) is 0 Å². The summed E-state index contributed by atoms with van der Waals surface area (Å²) in [7, 11) is 3.57. The highest BCUT2D eigenvalue weighted by Crippen LogP contribution is 2.47. The average molecular weight is 713 g/mol. The lowest BCUT2D eigenvalue weighted by Gasteiger charge is -2.36. The topological polar surface area (TPSA) is 102 Å². The van der Waals surface area contributed by atoms with Gasteiger partial charge in [0.1, 0.15) is 35.4 Å². The van der Waals surface area contributed by atoms with Crippen molar-refractivity contribution in [1.29, 1.82) is 0 Å².